The molecule has 0 aromatic carbocycles. The van der Waals surface area contributed by atoms with E-state index in [9.17, 15) is 0 Å². The Morgan fingerprint density at radius 3 is 1.92 bits per heavy atom. The monoisotopic (exact) mass is 194 g/mol. The molecular formula is C8H18O5. The van der Waals surface area contributed by atoms with E-state index in [0.717, 1.165) is 0 Å². The van der Waals surface area contributed by atoms with E-state index < -0.39 is 37.6 Å². The fraction of sp³-hybridized carbons (Fsp3) is 1.00. The summed E-state index contributed by atoms with van der Waals surface area (Å²) >= 11 is 0. The van der Waals surface area contributed by atoms with Gasteiger partial charge in [-0.25, -0.2) is 0 Å². The van der Waals surface area contributed by atoms with Crippen molar-refractivity contribution in [2.24, 2.45) is 0 Å². The van der Waals surface area contributed by atoms with E-state index in [2.05, 4.69) is 0 Å². The fourth-order valence-corrected chi connectivity index (χ4v) is 0.762. The highest BCUT2D eigenvalue weighted by Gasteiger charge is 2.22. The van der Waals surface area contributed by atoms with E-state index in [-0.39, 0.29) is 0 Å². The minimum atomic E-state index is -1.12. The second kappa shape index (κ2) is 6.28. The van der Waals surface area contributed by atoms with Crippen LogP contribution in [0.5, 0.6) is 0 Å². The molecule has 0 spiro atoms. The third-order valence-electron chi connectivity index (χ3n) is 1.86. The molecule has 0 aromatic rings. The second-order valence-electron chi connectivity index (χ2n) is 3.05. The number of aliphatic hydroxyl groups excluding tert-OH is 4. The molecule has 0 fully saturated rings. The first-order chi connectivity index (χ1) is 6.02. The van der Waals surface area contributed by atoms with E-state index in [0.29, 0.717) is 0 Å². The van der Waals surface area contributed by atoms with Crippen LogP contribution in [0, 0.1) is 0 Å². The normalized spacial score (nSPS) is 20.8. The SMILES string of the molecule is CC(O)C(C)OC(CO)C(O)CO. The molecule has 0 saturated heterocycles. The smallest absolute Gasteiger partial charge is 0.109 e. The average molecular weight is 194 g/mol. The van der Waals surface area contributed by atoms with Crippen LogP contribution in [0.4, 0.5) is 0 Å². The molecule has 13 heavy (non-hydrogen) atoms. The first kappa shape index (κ1) is 12.8. The number of hydrogen-bond acceptors (Lipinski definition) is 5. The topological polar surface area (TPSA) is 90.2 Å². The third-order valence-corrected chi connectivity index (χ3v) is 1.86. The zero-order valence-corrected chi connectivity index (χ0v) is 7.92. The highest BCUT2D eigenvalue weighted by atomic mass is 16.5. The first-order valence-electron chi connectivity index (χ1n) is 4.26. The Bertz CT molecular complexity index is 128. The van der Waals surface area contributed by atoms with Gasteiger partial charge in [0.1, 0.15) is 12.2 Å². The zero-order valence-electron chi connectivity index (χ0n) is 7.92. The van der Waals surface area contributed by atoms with E-state index in [1.165, 1.54) is 0 Å². The van der Waals surface area contributed by atoms with Crippen LogP contribution in [-0.2, 0) is 4.74 Å². The maximum Gasteiger partial charge on any atom is 0.109 e. The van der Waals surface area contributed by atoms with Crippen LogP contribution >= 0.6 is 0 Å². The van der Waals surface area contributed by atoms with Crippen molar-refractivity contribution in [1.29, 1.82) is 0 Å². The molecular weight excluding hydrogens is 176 g/mol. The van der Waals surface area contributed by atoms with Crippen LogP contribution in [0.1, 0.15) is 13.8 Å². The summed E-state index contributed by atoms with van der Waals surface area (Å²) in [5.41, 5.74) is 0. The zero-order chi connectivity index (χ0) is 10.4. The van der Waals surface area contributed by atoms with Crippen molar-refractivity contribution in [3.05, 3.63) is 0 Å². The van der Waals surface area contributed by atoms with E-state index in [1.54, 1.807) is 13.8 Å². The molecule has 5 heteroatoms. The number of hydrogen-bond donors (Lipinski definition) is 4. The summed E-state index contributed by atoms with van der Waals surface area (Å²) in [7, 11) is 0. The second-order valence-corrected chi connectivity index (χ2v) is 3.05. The van der Waals surface area contributed by atoms with Gasteiger partial charge in [-0.05, 0) is 13.8 Å². The van der Waals surface area contributed by atoms with E-state index in [4.69, 9.17) is 25.2 Å². The van der Waals surface area contributed by atoms with E-state index >= 15 is 0 Å². The van der Waals surface area contributed by atoms with Gasteiger partial charge in [-0.15, -0.1) is 0 Å². The molecule has 80 valence electrons. The van der Waals surface area contributed by atoms with E-state index in [1.807, 2.05) is 0 Å². The molecule has 4 N–H and O–H groups in total. The molecule has 0 saturated carbocycles. The van der Waals surface area contributed by atoms with Gasteiger partial charge in [-0.3, -0.25) is 0 Å². The lowest BCUT2D eigenvalue weighted by Gasteiger charge is -2.25. The standard InChI is InChI=1S/C8H18O5/c1-5(11)6(2)13-8(4-10)7(12)3-9/h5-12H,3-4H2,1-2H3. The molecule has 0 aliphatic carbocycles. The summed E-state index contributed by atoms with van der Waals surface area (Å²) in [6.45, 7) is 2.30. The minimum absolute atomic E-state index is 0.390. The Morgan fingerprint density at radius 1 is 1.08 bits per heavy atom. The Morgan fingerprint density at radius 2 is 1.62 bits per heavy atom. The van der Waals surface area contributed by atoms with Crippen molar-refractivity contribution in [1.82, 2.24) is 0 Å². The Hall–Kier alpha value is -0.200. The third kappa shape index (κ3) is 4.54. The first-order valence-corrected chi connectivity index (χ1v) is 4.26. The molecule has 0 rings (SSSR count). The lowest BCUT2D eigenvalue weighted by atomic mass is 10.2. The molecule has 0 radical (unpaired) electrons. The Kier molecular flexibility index (Phi) is 6.19. The van der Waals surface area contributed by atoms with Gasteiger partial charge in [0.15, 0.2) is 0 Å². The van der Waals surface area contributed by atoms with Crippen LogP contribution in [0.3, 0.4) is 0 Å². The summed E-state index contributed by atoms with van der Waals surface area (Å²) in [5, 5.41) is 35.6. The van der Waals surface area contributed by atoms with Crippen molar-refractivity contribution in [3.8, 4) is 0 Å². The minimum Gasteiger partial charge on any atom is -0.394 e. The quantitative estimate of drug-likeness (QED) is 0.412. The predicted molar refractivity (Wildman–Crippen MR) is 46.2 cm³/mol. The van der Waals surface area contributed by atoms with Crippen molar-refractivity contribution in [2.45, 2.75) is 38.3 Å². The molecule has 4 atom stereocenters. The van der Waals surface area contributed by atoms with Gasteiger partial charge in [0, 0.05) is 0 Å². The fourth-order valence-electron chi connectivity index (χ4n) is 0.762. The summed E-state index contributed by atoms with van der Waals surface area (Å²) in [5.74, 6) is 0. The molecule has 0 aliphatic rings. The highest BCUT2D eigenvalue weighted by Crippen LogP contribution is 2.06. The van der Waals surface area contributed by atoms with Gasteiger partial charge in [0.2, 0.25) is 0 Å². The van der Waals surface area contributed by atoms with Crippen molar-refractivity contribution < 1.29 is 25.2 Å². The van der Waals surface area contributed by atoms with Gasteiger partial charge in [-0.1, -0.05) is 0 Å². The van der Waals surface area contributed by atoms with Gasteiger partial charge in [0.05, 0.1) is 25.4 Å². The lowest BCUT2D eigenvalue weighted by Crippen LogP contribution is -2.40. The molecule has 0 heterocycles. The average Bonchev–Trinajstić information content (AvgIpc) is 2.12. The summed E-state index contributed by atoms with van der Waals surface area (Å²) in [6, 6.07) is 0. The maximum absolute atomic E-state index is 9.13. The highest BCUT2D eigenvalue weighted by molar-refractivity contribution is 4.70. The number of ether oxygens (including phenoxy) is 1. The van der Waals surface area contributed by atoms with Crippen molar-refractivity contribution in [3.63, 3.8) is 0 Å². The van der Waals surface area contributed by atoms with Crippen LogP contribution in [-0.4, -0.2) is 58.1 Å². The summed E-state index contributed by atoms with van der Waals surface area (Å²) < 4.78 is 5.10. The van der Waals surface area contributed by atoms with Gasteiger partial charge in [0.25, 0.3) is 0 Å². The van der Waals surface area contributed by atoms with Crippen LogP contribution in [0.2, 0.25) is 0 Å². The molecule has 4 unspecified atom stereocenters. The molecule has 0 aliphatic heterocycles. The lowest BCUT2D eigenvalue weighted by molar-refractivity contribution is -0.129. The Labute approximate surface area is 77.6 Å². The van der Waals surface area contributed by atoms with Gasteiger partial charge < -0.3 is 25.2 Å². The van der Waals surface area contributed by atoms with Crippen molar-refractivity contribution in [2.75, 3.05) is 13.2 Å². The maximum atomic E-state index is 9.13. The van der Waals surface area contributed by atoms with Gasteiger partial charge in [-0.2, -0.15) is 0 Å². The molecule has 0 amide bonds. The summed E-state index contributed by atoms with van der Waals surface area (Å²) in [6.07, 6.45) is -3.14. The predicted octanol–water partition coefficient (Wildman–Crippen LogP) is -1.51. The van der Waals surface area contributed by atoms with Crippen LogP contribution in [0.15, 0.2) is 0 Å². The molecule has 0 bridgehead atoms. The van der Waals surface area contributed by atoms with Gasteiger partial charge >= 0.3 is 0 Å². The molecule has 5 nitrogen and oxygen atoms in total. The summed E-state index contributed by atoms with van der Waals surface area (Å²) in [4.78, 5) is 0. The number of aliphatic hydroxyl groups is 4. The van der Waals surface area contributed by atoms with Crippen molar-refractivity contribution >= 4 is 0 Å². The Balaban J connectivity index is 3.97. The van der Waals surface area contributed by atoms with Crippen LogP contribution in [0.25, 0.3) is 0 Å². The van der Waals surface area contributed by atoms with Crippen LogP contribution < -0.4 is 0 Å². The number of rotatable bonds is 6. The molecule has 0 aromatic heterocycles. The largest absolute Gasteiger partial charge is 0.394 e.